The van der Waals surface area contributed by atoms with Gasteiger partial charge < -0.3 is 7.96 Å². The van der Waals surface area contributed by atoms with Gasteiger partial charge in [0.2, 0.25) is 0 Å². The van der Waals surface area contributed by atoms with E-state index in [1.807, 2.05) is 0 Å². The van der Waals surface area contributed by atoms with Crippen LogP contribution in [0.15, 0.2) is 29.2 Å². The maximum absolute atomic E-state index is 10.4. The number of phenolic OH excluding ortho intramolecular Hbond substituents is 1. The fourth-order valence-electron chi connectivity index (χ4n) is 0.675. The van der Waals surface area contributed by atoms with Crippen LogP contribution in [0.5, 0.6) is 5.75 Å². The molecule has 7 heteroatoms. The molecule has 0 radical (unpaired) electrons. The number of benzene rings is 1. The number of hydrogen-bond acceptors (Lipinski definition) is 3. The Morgan fingerprint density at radius 1 is 1.15 bits per heavy atom. The summed E-state index contributed by atoms with van der Waals surface area (Å²) in [4.78, 5) is -0.472. The molecule has 1 aromatic carbocycles. The third-order valence-corrected chi connectivity index (χ3v) is 2.04. The van der Waals surface area contributed by atoms with Gasteiger partial charge in [0, 0.05) is 0 Å². The second kappa shape index (κ2) is 6.42. The van der Waals surface area contributed by atoms with Crippen LogP contribution < -0.4 is 59.1 Å². The van der Waals surface area contributed by atoms with Crippen LogP contribution in [-0.4, -0.2) is 18.1 Å². The van der Waals surface area contributed by atoms with E-state index >= 15 is 0 Å². The second-order valence-electron chi connectivity index (χ2n) is 1.94. The molecule has 0 aliphatic carbocycles. The van der Waals surface area contributed by atoms with Crippen LogP contribution in [0.2, 0.25) is 0 Å². The van der Waals surface area contributed by atoms with Crippen molar-refractivity contribution in [1.82, 2.24) is 0 Å². The van der Waals surface area contributed by atoms with E-state index in [1.54, 1.807) is 0 Å². The second-order valence-corrected chi connectivity index (χ2v) is 3.33. The van der Waals surface area contributed by atoms with Crippen molar-refractivity contribution < 1.29 is 80.0 Å². The molecule has 0 atom stereocenters. The van der Waals surface area contributed by atoms with Crippen molar-refractivity contribution in [3.8, 4) is 5.75 Å². The molecule has 0 heterocycles. The maximum atomic E-state index is 10.4. The molecule has 13 heavy (non-hydrogen) atoms. The molecule has 0 aromatic heterocycles. The maximum Gasteiger partial charge on any atom is 1.00 e. The van der Waals surface area contributed by atoms with Gasteiger partial charge in [-0.3, -0.25) is 4.55 Å². The van der Waals surface area contributed by atoms with Gasteiger partial charge in [0.05, 0.1) is 0 Å². The van der Waals surface area contributed by atoms with Crippen molar-refractivity contribution in [3.63, 3.8) is 0 Å². The molecule has 0 aliphatic heterocycles. The van der Waals surface area contributed by atoms with E-state index < -0.39 is 20.8 Å². The molecule has 1 rings (SSSR count). The fourth-order valence-corrected chi connectivity index (χ4v) is 1.26. The first-order chi connectivity index (χ1) is 5.02. The third kappa shape index (κ3) is 4.80. The van der Waals surface area contributed by atoms with E-state index in [4.69, 9.17) is 9.66 Å². The average molecular weight is 222 g/mol. The summed E-state index contributed by atoms with van der Waals surface area (Å²) in [5.74, 6) is -0.449. The minimum absolute atomic E-state index is 0. The average Bonchev–Trinajstić information content (AvgIpc) is 1.86. The van der Waals surface area contributed by atoms with Crippen molar-refractivity contribution in [2.75, 3.05) is 0 Å². The van der Waals surface area contributed by atoms with E-state index in [0.717, 1.165) is 6.07 Å². The van der Waals surface area contributed by atoms with Gasteiger partial charge in [-0.25, -0.2) is 0 Å². The van der Waals surface area contributed by atoms with E-state index in [2.05, 4.69) is 0 Å². The third-order valence-electron chi connectivity index (χ3n) is 1.14. The molecule has 2 N–H and O–H groups in total. The molecular weight excluding hydrogens is 214 g/mol. The van der Waals surface area contributed by atoms with Gasteiger partial charge in [-0.1, -0.05) is 12.1 Å². The minimum atomic E-state index is -4.28. The zero-order chi connectivity index (χ0) is 8.48. The molecule has 0 unspecified atom stereocenters. The van der Waals surface area contributed by atoms with Crippen LogP contribution >= 0.6 is 0 Å². The minimum Gasteiger partial charge on any atom is -1.00 e. The molecule has 64 valence electrons. The Labute approximate surface area is 124 Å². The number of hydrogen-bond donors (Lipinski definition) is 2. The summed E-state index contributed by atoms with van der Waals surface area (Å²) in [6.07, 6.45) is 0. The molecule has 1 aromatic rings. The van der Waals surface area contributed by atoms with Crippen molar-refractivity contribution in [2.45, 2.75) is 4.90 Å². The Hall–Kier alpha value is 0.930. The smallest absolute Gasteiger partial charge is 1.00 e. The Kier molecular flexibility index (Phi) is 8.08. The van der Waals surface area contributed by atoms with E-state index in [0.29, 0.717) is 0 Å². The van der Waals surface area contributed by atoms with Gasteiger partial charge >= 0.3 is 59.1 Å². The fraction of sp³-hybridized carbons (Fsp3) is 0. The van der Waals surface area contributed by atoms with Gasteiger partial charge in [0.1, 0.15) is 10.6 Å². The molecule has 0 fully saturated rings. The standard InChI is InChI=1S/C6H6O4S.2Na.2H/c7-5-3-1-2-4-6(5)11(8,9)10;;;;/h1-4,7H,(H,8,9,10);;;;/q;2*+1;2*-1. The number of para-hydroxylation sites is 1. The van der Waals surface area contributed by atoms with Crippen LogP contribution in [0.25, 0.3) is 0 Å². The van der Waals surface area contributed by atoms with Gasteiger partial charge in [-0.15, -0.1) is 0 Å². The Morgan fingerprint density at radius 2 is 1.62 bits per heavy atom. The van der Waals surface area contributed by atoms with Gasteiger partial charge in [0.25, 0.3) is 10.1 Å². The van der Waals surface area contributed by atoms with Crippen molar-refractivity contribution in [1.29, 1.82) is 0 Å². The van der Waals surface area contributed by atoms with Crippen molar-refractivity contribution >= 4 is 10.1 Å². The molecule has 4 nitrogen and oxygen atoms in total. The number of aromatic hydroxyl groups is 1. The summed E-state index contributed by atoms with van der Waals surface area (Å²) in [6, 6.07) is 5.17. The first-order valence-electron chi connectivity index (χ1n) is 2.77. The first-order valence-corrected chi connectivity index (χ1v) is 4.21. The van der Waals surface area contributed by atoms with Gasteiger partial charge in [0.15, 0.2) is 0 Å². The van der Waals surface area contributed by atoms with Crippen LogP contribution in [-0.2, 0) is 10.1 Å². The Balaban J connectivity index is -0.000000151. The molecule has 0 bridgehead atoms. The van der Waals surface area contributed by atoms with Crippen molar-refractivity contribution in [2.24, 2.45) is 0 Å². The quantitative estimate of drug-likeness (QED) is 0.368. The largest absolute Gasteiger partial charge is 1.00 e. The Bertz CT molecular complexity index is 371. The van der Waals surface area contributed by atoms with E-state index in [-0.39, 0.29) is 62.0 Å². The molecule has 0 saturated heterocycles. The molecule has 0 spiro atoms. The number of phenols is 1. The van der Waals surface area contributed by atoms with Gasteiger partial charge in [-0.05, 0) is 12.1 Å². The van der Waals surface area contributed by atoms with E-state index in [1.165, 1.54) is 18.2 Å². The van der Waals surface area contributed by atoms with Crippen molar-refractivity contribution in [3.05, 3.63) is 24.3 Å². The molecule has 0 aliphatic rings. The summed E-state index contributed by atoms with van der Waals surface area (Å²) in [6.45, 7) is 0. The Morgan fingerprint density at radius 3 is 1.92 bits per heavy atom. The normalized spacial score (nSPS) is 9.62. The first kappa shape index (κ1) is 16.4. The summed E-state index contributed by atoms with van der Waals surface area (Å²) < 4.78 is 29.4. The molecular formula is C6H8Na2O4S. The zero-order valence-electron chi connectivity index (χ0n) is 9.43. The predicted octanol–water partition coefficient (Wildman–Crippen LogP) is -5.13. The predicted molar refractivity (Wildman–Crippen MR) is 40.1 cm³/mol. The van der Waals surface area contributed by atoms with Crippen LogP contribution in [0.1, 0.15) is 2.85 Å². The SMILES string of the molecule is O=S(=O)(O)c1ccccc1O.[H-].[H-].[Na+].[Na+]. The van der Waals surface area contributed by atoms with Crippen LogP contribution in [0, 0.1) is 0 Å². The molecule has 0 saturated carbocycles. The van der Waals surface area contributed by atoms with Crippen LogP contribution in [0.3, 0.4) is 0 Å². The monoisotopic (exact) mass is 222 g/mol. The van der Waals surface area contributed by atoms with Crippen LogP contribution in [0.4, 0.5) is 0 Å². The summed E-state index contributed by atoms with van der Waals surface area (Å²) in [5, 5.41) is 8.91. The number of rotatable bonds is 1. The van der Waals surface area contributed by atoms with E-state index in [9.17, 15) is 8.42 Å². The summed E-state index contributed by atoms with van der Waals surface area (Å²) >= 11 is 0. The zero-order valence-corrected chi connectivity index (χ0v) is 12.2. The molecule has 0 amide bonds. The summed E-state index contributed by atoms with van der Waals surface area (Å²) in [7, 11) is -4.28. The topological polar surface area (TPSA) is 74.6 Å². The van der Waals surface area contributed by atoms with Gasteiger partial charge in [-0.2, -0.15) is 8.42 Å². The summed E-state index contributed by atoms with van der Waals surface area (Å²) in [5.41, 5.74) is 0.